The average Bonchev–Trinajstić information content (AvgIpc) is 2.74. The van der Waals surface area contributed by atoms with Gasteiger partial charge in [-0.2, -0.15) is 0 Å². The summed E-state index contributed by atoms with van der Waals surface area (Å²) in [7, 11) is 0. The number of H-pyrrole nitrogens is 1. The molecule has 1 unspecified atom stereocenters. The fourth-order valence-electron chi connectivity index (χ4n) is 2.05. The quantitative estimate of drug-likeness (QED) is 0.577. The number of hydrogen-bond donors (Lipinski definition) is 3. The van der Waals surface area contributed by atoms with Gasteiger partial charge in [0.2, 0.25) is 0 Å². The van der Waals surface area contributed by atoms with Crippen molar-refractivity contribution in [3.8, 4) is 0 Å². The van der Waals surface area contributed by atoms with Crippen LogP contribution in [-0.4, -0.2) is 53.5 Å². The van der Waals surface area contributed by atoms with E-state index in [1.165, 1.54) is 10.8 Å². The molecule has 1 aromatic rings. The molecule has 3 N–H and O–H groups in total. The molecule has 0 aromatic carbocycles. The van der Waals surface area contributed by atoms with Crippen molar-refractivity contribution in [2.75, 3.05) is 6.61 Å². The van der Waals surface area contributed by atoms with Gasteiger partial charge in [-0.05, 0) is 0 Å². The summed E-state index contributed by atoms with van der Waals surface area (Å²) in [6.45, 7) is -0.305. The van der Waals surface area contributed by atoms with E-state index >= 15 is 0 Å². The zero-order valence-corrected chi connectivity index (χ0v) is 12.1. The molecule has 0 radical (unpaired) electrons. The summed E-state index contributed by atoms with van der Waals surface area (Å²) in [4.78, 5) is 25.6. The summed E-state index contributed by atoms with van der Waals surface area (Å²) >= 11 is 0.277. The van der Waals surface area contributed by atoms with Crippen LogP contribution in [0.15, 0.2) is 15.8 Å². The maximum atomic E-state index is 11.8. The molecule has 1 aliphatic heterocycles. The SMILES string of the molecule is C[Se]Cc1cn([C@H]2CC(O)[C@@H](CO)O2)c(=O)[nH]c1=O. The Bertz CT molecular complexity index is 555. The van der Waals surface area contributed by atoms with Gasteiger partial charge in [0.05, 0.1) is 0 Å². The molecule has 0 aliphatic carbocycles. The van der Waals surface area contributed by atoms with E-state index in [1.807, 2.05) is 5.82 Å². The van der Waals surface area contributed by atoms with Gasteiger partial charge in [-0.3, -0.25) is 0 Å². The van der Waals surface area contributed by atoms with Crippen molar-refractivity contribution in [1.82, 2.24) is 9.55 Å². The van der Waals surface area contributed by atoms with Crippen LogP contribution in [0, 0.1) is 0 Å². The van der Waals surface area contributed by atoms with Crippen LogP contribution >= 0.6 is 0 Å². The number of rotatable bonds is 4. The first kappa shape index (κ1) is 14.5. The maximum absolute atomic E-state index is 11.8. The summed E-state index contributed by atoms with van der Waals surface area (Å²) in [6, 6.07) is 0. The van der Waals surface area contributed by atoms with Crippen molar-refractivity contribution < 1.29 is 14.9 Å². The van der Waals surface area contributed by atoms with Gasteiger partial charge >= 0.3 is 115 Å². The van der Waals surface area contributed by atoms with Crippen molar-refractivity contribution in [3.05, 3.63) is 32.6 Å². The van der Waals surface area contributed by atoms with Crippen LogP contribution in [0.5, 0.6) is 0 Å². The van der Waals surface area contributed by atoms with Gasteiger partial charge in [0.1, 0.15) is 0 Å². The number of aliphatic hydroxyl groups is 2. The molecule has 7 nitrogen and oxygen atoms in total. The molecular weight excluding hydrogens is 319 g/mol. The summed E-state index contributed by atoms with van der Waals surface area (Å²) in [5, 5.41) is 19.3. The molecule has 2 rings (SSSR count). The third-order valence-electron chi connectivity index (χ3n) is 3.04. The molecule has 1 saturated heterocycles. The summed E-state index contributed by atoms with van der Waals surface area (Å²) in [5.74, 6) is 2.00. The number of aromatic nitrogens is 2. The van der Waals surface area contributed by atoms with Crippen molar-refractivity contribution in [3.63, 3.8) is 0 Å². The first-order valence-corrected chi connectivity index (χ1v) is 8.77. The molecule has 0 spiro atoms. The molecule has 3 atom stereocenters. The molecule has 19 heavy (non-hydrogen) atoms. The Kier molecular flexibility index (Phi) is 4.59. The number of aromatic amines is 1. The molecule has 1 aliphatic rings. The Labute approximate surface area is 115 Å². The van der Waals surface area contributed by atoms with E-state index in [0.717, 1.165) is 0 Å². The van der Waals surface area contributed by atoms with E-state index in [2.05, 4.69) is 4.98 Å². The summed E-state index contributed by atoms with van der Waals surface area (Å²) in [6.07, 6.45) is -0.452. The number of hydrogen-bond acceptors (Lipinski definition) is 5. The third-order valence-corrected chi connectivity index (χ3v) is 4.29. The second-order valence-corrected chi connectivity index (χ2v) is 6.19. The standard InChI is InChI=1S/C11H16N2O5Se/c1-19-5-6-3-13(11(17)12-10(6)16)9-2-7(15)8(4-14)18-9/h3,7-9,14-15H,2,4-5H2,1H3,(H,12,16,17)/t7?,8-,9-/m1/s1. The monoisotopic (exact) mass is 336 g/mol. The molecule has 0 bridgehead atoms. The van der Waals surface area contributed by atoms with E-state index in [4.69, 9.17) is 9.84 Å². The van der Waals surface area contributed by atoms with Crippen molar-refractivity contribution in [1.29, 1.82) is 0 Å². The third kappa shape index (κ3) is 2.98. The summed E-state index contributed by atoms with van der Waals surface area (Å²) < 4.78 is 6.69. The number of aliphatic hydroxyl groups excluding tert-OH is 2. The Morgan fingerprint density at radius 3 is 2.89 bits per heavy atom. The van der Waals surface area contributed by atoms with E-state index in [-0.39, 0.29) is 33.5 Å². The topological polar surface area (TPSA) is 105 Å². The average molecular weight is 335 g/mol. The van der Waals surface area contributed by atoms with Gasteiger partial charge in [0.15, 0.2) is 0 Å². The molecular formula is C11H16N2O5Se. The Balaban J connectivity index is 2.33. The number of nitrogens with zero attached hydrogens (tertiary/aromatic N) is 1. The normalized spacial score (nSPS) is 26.8. The van der Waals surface area contributed by atoms with E-state index < -0.39 is 24.1 Å². The fraction of sp³-hybridized carbons (Fsp3) is 0.636. The van der Waals surface area contributed by atoms with Gasteiger partial charge < -0.3 is 0 Å². The first-order chi connectivity index (χ1) is 9.06. The van der Waals surface area contributed by atoms with Gasteiger partial charge in [-0.1, -0.05) is 0 Å². The minimum absolute atomic E-state index is 0.216. The zero-order valence-electron chi connectivity index (χ0n) is 10.4. The predicted octanol–water partition coefficient (Wildman–Crippen LogP) is -1.57. The predicted molar refractivity (Wildman–Crippen MR) is 68.3 cm³/mol. The number of nitrogens with one attached hydrogen (secondary N) is 1. The Morgan fingerprint density at radius 1 is 1.58 bits per heavy atom. The molecule has 2 heterocycles. The second-order valence-electron chi connectivity index (χ2n) is 4.37. The van der Waals surface area contributed by atoms with Crippen molar-refractivity contribution in [2.45, 2.75) is 36.0 Å². The van der Waals surface area contributed by atoms with Crippen LogP contribution in [-0.2, 0) is 10.1 Å². The fourth-order valence-corrected chi connectivity index (χ4v) is 3.13. The van der Waals surface area contributed by atoms with Crippen LogP contribution in [0.2, 0.25) is 5.82 Å². The van der Waals surface area contributed by atoms with Crippen LogP contribution in [0.3, 0.4) is 0 Å². The van der Waals surface area contributed by atoms with Crippen molar-refractivity contribution >= 4 is 15.0 Å². The molecule has 106 valence electrons. The van der Waals surface area contributed by atoms with Gasteiger partial charge in [0, 0.05) is 0 Å². The second kappa shape index (κ2) is 6.02. The van der Waals surface area contributed by atoms with Crippen LogP contribution in [0.25, 0.3) is 0 Å². The van der Waals surface area contributed by atoms with E-state index in [9.17, 15) is 14.7 Å². The van der Waals surface area contributed by atoms with Crippen molar-refractivity contribution in [2.24, 2.45) is 0 Å². The van der Waals surface area contributed by atoms with E-state index in [1.54, 1.807) is 0 Å². The Hall–Kier alpha value is -0.921. The minimum atomic E-state index is -0.812. The number of ether oxygens (including phenoxy) is 1. The summed E-state index contributed by atoms with van der Waals surface area (Å²) in [5.41, 5.74) is -0.400. The zero-order chi connectivity index (χ0) is 14.0. The molecule has 0 amide bonds. The first-order valence-electron chi connectivity index (χ1n) is 5.84. The molecule has 1 aromatic heterocycles. The van der Waals surface area contributed by atoms with Gasteiger partial charge in [0.25, 0.3) is 0 Å². The van der Waals surface area contributed by atoms with Gasteiger partial charge in [-0.25, -0.2) is 0 Å². The van der Waals surface area contributed by atoms with Crippen LogP contribution in [0.1, 0.15) is 18.2 Å². The van der Waals surface area contributed by atoms with E-state index in [0.29, 0.717) is 10.9 Å². The van der Waals surface area contributed by atoms with Crippen LogP contribution < -0.4 is 11.2 Å². The Morgan fingerprint density at radius 2 is 2.32 bits per heavy atom. The van der Waals surface area contributed by atoms with Gasteiger partial charge in [-0.15, -0.1) is 0 Å². The molecule has 1 fully saturated rings. The molecule has 0 saturated carbocycles. The molecule has 8 heteroatoms. The van der Waals surface area contributed by atoms with Crippen LogP contribution in [0.4, 0.5) is 0 Å².